The van der Waals surface area contributed by atoms with E-state index in [9.17, 15) is 0 Å². The number of anilines is 1. The molecule has 0 atom stereocenters. The van der Waals surface area contributed by atoms with Crippen molar-refractivity contribution in [1.29, 1.82) is 0 Å². The molecule has 0 bridgehead atoms. The molecule has 0 amide bonds. The number of hydrogen-bond acceptors (Lipinski definition) is 6. The van der Waals surface area contributed by atoms with Crippen LogP contribution in [0.1, 0.15) is 37.3 Å². The molecule has 0 fully saturated rings. The molecule has 6 heteroatoms. The van der Waals surface area contributed by atoms with E-state index in [1.54, 1.807) is 12.4 Å². The Labute approximate surface area is 124 Å². The molecule has 114 valence electrons. The highest BCUT2D eigenvalue weighted by molar-refractivity contribution is 5.33. The van der Waals surface area contributed by atoms with Gasteiger partial charge in [0.05, 0.1) is 24.2 Å². The number of nitrogens with one attached hydrogen (secondary N) is 1. The fourth-order valence-corrected chi connectivity index (χ4v) is 2.07. The number of nitrogens with zero attached hydrogens (tertiary/aromatic N) is 3. The maximum atomic E-state index is 5.52. The summed E-state index contributed by atoms with van der Waals surface area (Å²) in [5.74, 6) is 2.17. The first-order valence-corrected chi connectivity index (χ1v) is 7.20. The minimum atomic E-state index is 0.0918. The van der Waals surface area contributed by atoms with Crippen molar-refractivity contribution in [3.05, 3.63) is 29.4 Å². The summed E-state index contributed by atoms with van der Waals surface area (Å²) in [7, 11) is 0. The molecule has 0 saturated heterocycles. The Balaban J connectivity index is 1.81. The average molecular weight is 290 g/mol. The molecule has 0 aliphatic rings. The molecule has 0 aromatic carbocycles. The van der Waals surface area contributed by atoms with Crippen LogP contribution < -0.4 is 10.1 Å². The van der Waals surface area contributed by atoms with Crippen LogP contribution in [0.3, 0.4) is 0 Å². The first kappa shape index (κ1) is 15.3. The third-order valence-electron chi connectivity index (χ3n) is 3.06. The van der Waals surface area contributed by atoms with Gasteiger partial charge in [-0.1, -0.05) is 5.16 Å². The van der Waals surface area contributed by atoms with Crippen LogP contribution in [0, 0.1) is 13.8 Å². The summed E-state index contributed by atoms with van der Waals surface area (Å²) >= 11 is 0. The molecule has 6 nitrogen and oxygen atoms in total. The number of hydrogen-bond donors (Lipinski definition) is 1. The van der Waals surface area contributed by atoms with Crippen LogP contribution in [0.5, 0.6) is 5.88 Å². The number of rotatable bonds is 7. The van der Waals surface area contributed by atoms with Gasteiger partial charge in [-0.3, -0.25) is 4.98 Å². The monoisotopic (exact) mass is 290 g/mol. The summed E-state index contributed by atoms with van der Waals surface area (Å²) in [5.41, 5.74) is 2.17. The SMILES string of the molecule is Cc1noc(C)c1CCCNc1cncc(OC(C)C)n1. The molecule has 21 heavy (non-hydrogen) atoms. The molecular formula is C15H22N4O2. The van der Waals surface area contributed by atoms with E-state index in [1.165, 1.54) is 5.56 Å². The van der Waals surface area contributed by atoms with Gasteiger partial charge in [0.1, 0.15) is 11.6 Å². The van der Waals surface area contributed by atoms with Crippen molar-refractivity contribution in [2.75, 3.05) is 11.9 Å². The third kappa shape index (κ3) is 4.44. The lowest BCUT2D eigenvalue weighted by atomic mass is 10.1. The Kier molecular flexibility index (Phi) is 5.14. The Morgan fingerprint density at radius 1 is 1.29 bits per heavy atom. The van der Waals surface area contributed by atoms with E-state index in [0.29, 0.717) is 5.88 Å². The van der Waals surface area contributed by atoms with E-state index < -0.39 is 0 Å². The molecule has 0 aliphatic carbocycles. The zero-order valence-corrected chi connectivity index (χ0v) is 13.0. The Morgan fingerprint density at radius 2 is 2.10 bits per heavy atom. The standard InChI is InChI=1S/C15H22N4O2/c1-10(2)20-15-9-16-8-14(18-15)17-7-5-6-13-11(3)19-21-12(13)4/h8-10H,5-7H2,1-4H3,(H,17,18). The van der Waals surface area contributed by atoms with Gasteiger partial charge in [0.15, 0.2) is 0 Å². The van der Waals surface area contributed by atoms with E-state index >= 15 is 0 Å². The normalized spacial score (nSPS) is 10.9. The lowest BCUT2D eigenvalue weighted by molar-refractivity contribution is 0.232. The Morgan fingerprint density at radius 3 is 2.76 bits per heavy atom. The number of aryl methyl sites for hydroxylation is 2. The van der Waals surface area contributed by atoms with Crippen molar-refractivity contribution in [3.8, 4) is 5.88 Å². The minimum Gasteiger partial charge on any atom is -0.474 e. The van der Waals surface area contributed by atoms with Crippen molar-refractivity contribution < 1.29 is 9.26 Å². The predicted molar refractivity (Wildman–Crippen MR) is 80.6 cm³/mol. The van der Waals surface area contributed by atoms with Crippen molar-refractivity contribution in [2.45, 2.75) is 46.6 Å². The fraction of sp³-hybridized carbons (Fsp3) is 0.533. The maximum absolute atomic E-state index is 5.52. The lowest BCUT2D eigenvalue weighted by Crippen LogP contribution is -2.10. The first-order chi connectivity index (χ1) is 10.1. The molecule has 1 N–H and O–H groups in total. The van der Waals surface area contributed by atoms with Crippen molar-refractivity contribution in [3.63, 3.8) is 0 Å². The van der Waals surface area contributed by atoms with E-state index in [-0.39, 0.29) is 6.10 Å². The largest absolute Gasteiger partial charge is 0.474 e. The highest BCUT2D eigenvalue weighted by Crippen LogP contribution is 2.15. The zero-order valence-electron chi connectivity index (χ0n) is 13.0. The third-order valence-corrected chi connectivity index (χ3v) is 3.06. The molecule has 2 aromatic heterocycles. The quantitative estimate of drug-likeness (QED) is 0.790. The van der Waals surface area contributed by atoms with Gasteiger partial charge in [0, 0.05) is 12.1 Å². The zero-order chi connectivity index (χ0) is 15.2. The van der Waals surface area contributed by atoms with E-state index in [1.807, 2.05) is 27.7 Å². The van der Waals surface area contributed by atoms with Crippen LogP contribution >= 0.6 is 0 Å². The molecule has 0 unspecified atom stereocenters. The van der Waals surface area contributed by atoms with Crippen LogP contribution in [0.25, 0.3) is 0 Å². The lowest BCUT2D eigenvalue weighted by Gasteiger charge is -2.10. The van der Waals surface area contributed by atoms with Gasteiger partial charge in [-0.2, -0.15) is 4.98 Å². The molecule has 2 aromatic rings. The van der Waals surface area contributed by atoms with Gasteiger partial charge in [0.2, 0.25) is 5.88 Å². The van der Waals surface area contributed by atoms with Gasteiger partial charge in [-0.15, -0.1) is 0 Å². The molecule has 2 rings (SSSR count). The first-order valence-electron chi connectivity index (χ1n) is 7.20. The van der Waals surface area contributed by atoms with Crippen LogP contribution in [-0.4, -0.2) is 27.8 Å². The Hall–Kier alpha value is -2.11. The summed E-state index contributed by atoms with van der Waals surface area (Å²) in [5, 5.41) is 7.21. The van der Waals surface area contributed by atoms with E-state index in [0.717, 1.165) is 36.7 Å². The number of ether oxygens (including phenoxy) is 1. The van der Waals surface area contributed by atoms with E-state index in [2.05, 4.69) is 20.4 Å². The predicted octanol–water partition coefficient (Wildman–Crippen LogP) is 2.91. The second kappa shape index (κ2) is 7.06. The molecule has 0 spiro atoms. The summed E-state index contributed by atoms with van der Waals surface area (Å²) in [4.78, 5) is 8.48. The molecule has 0 radical (unpaired) electrons. The Bertz CT molecular complexity index is 561. The second-order valence-corrected chi connectivity index (χ2v) is 5.24. The van der Waals surface area contributed by atoms with Crippen LogP contribution in [0.15, 0.2) is 16.9 Å². The fourth-order valence-electron chi connectivity index (χ4n) is 2.07. The summed E-state index contributed by atoms with van der Waals surface area (Å²) < 4.78 is 10.7. The van der Waals surface area contributed by atoms with Gasteiger partial charge in [0.25, 0.3) is 0 Å². The van der Waals surface area contributed by atoms with Crippen LogP contribution in [0.2, 0.25) is 0 Å². The molecule has 0 aliphatic heterocycles. The van der Waals surface area contributed by atoms with Crippen LogP contribution in [-0.2, 0) is 6.42 Å². The smallest absolute Gasteiger partial charge is 0.234 e. The van der Waals surface area contributed by atoms with Crippen molar-refractivity contribution in [2.24, 2.45) is 0 Å². The minimum absolute atomic E-state index is 0.0918. The maximum Gasteiger partial charge on any atom is 0.234 e. The van der Waals surface area contributed by atoms with Gasteiger partial charge in [-0.05, 0) is 40.5 Å². The average Bonchev–Trinajstić information content (AvgIpc) is 2.74. The van der Waals surface area contributed by atoms with Crippen molar-refractivity contribution in [1.82, 2.24) is 15.1 Å². The summed E-state index contributed by atoms with van der Waals surface area (Å²) in [6.45, 7) is 8.65. The van der Waals surface area contributed by atoms with Gasteiger partial charge < -0.3 is 14.6 Å². The molecular weight excluding hydrogens is 268 g/mol. The van der Waals surface area contributed by atoms with E-state index in [4.69, 9.17) is 9.26 Å². The second-order valence-electron chi connectivity index (χ2n) is 5.24. The van der Waals surface area contributed by atoms with Gasteiger partial charge >= 0.3 is 0 Å². The highest BCUT2D eigenvalue weighted by Gasteiger charge is 2.08. The topological polar surface area (TPSA) is 73.1 Å². The number of aromatic nitrogens is 3. The van der Waals surface area contributed by atoms with Gasteiger partial charge in [-0.25, -0.2) is 0 Å². The van der Waals surface area contributed by atoms with Crippen LogP contribution in [0.4, 0.5) is 5.82 Å². The molecule has 0 saturated carbocycles. The summed E-state index contributed by atoms with van der Waals surface area (Å²) in [6, 6.07) is 0. The molecule has 2 heterocycles. The highest BCUT2D eigenvalue weighted by atomic mass is 16.5. The summed E-state index contributed by atoms with van der Waals surface area (Å²) in [6.07, 6.45) is 5.32. The van der Waals surface area contributed by atoms with Crippen molar-refractivity contribution >= 4 is 5.82 Å².